The molecule has 0 spiro atoms. The molecule has 19 heavy (non-hydrogen) atoms. The molecule has 4 rings (SSSR count). The van der Waals surface area contributed by atoms with Crippen molar-refractivity contribution < 1.29 is 0 Å². The highest BCUT2D eigenvalue weighted by atomic mass is 15.1. The number of nitrogens with one attached hydrogen (secondary N) is 1. The van der Waals surface area contributed by atoms with Gasteiger partial charge in [0.15, 0.2) is 0 Å². The second-order valence-corrected chi connectivity index (χ2v) is 5.62. The van der Waals surface area contributed by atoms with E-state index in [0.717, 1.165) is 24.7 Å². The van der Waals surface area contributed by atoms with Crippen LogP contribution in [0.2, 0.25) is 0 Å². The van der Waals surface area contributed by atoms with Crippen LogP contribution in [0.4, 0.5) is 5.95 Å². The summed E-state index contributed by atoms with van der Waals surface area (Å²) in [4.78, 5) is 8.48. The number of aromatic nitrogens is 2. The zero-order valence-electron chi connectivity index (χ0n) is 10.8. The molecule has 3 heteroatoms. The molecule has 1 saturated carbocycles. The summed E-state index contributed by atoms with van der Waals surface area (Å²) in [5.41, 5.74) is 4.53. The Bertz CT molecular complexity index is 590. The van der Waals surface area contributed by atoms with E-state index in [-0.39, 0.29) is 0 Å². The SMILES string of the molecule is c1cnc(NC2Cc3ccc(C4CC4)cc3C2)nc1. The van der Waals surface area contributed by atoms with Crippen LogP contribution in [0, 0.1) is 0 Å². The lowest BCUT2D eigenvalue weighted by molar-refractivity contribution is 0.761. The molecule has 0 radical (unpaired) electrons. The fourth-order valence-electron chi connectivity index (χ4n) is 2.97. The van der Waals surface area contributed by atoms with Crippen molar-refractivity contribution in [3.63, 3.8) is 0 Å². The van der Waals surface area contributed by atoms with Gasteiger partial charge in [-0.2, -0.15) is 0 Å². The Morgan fingerprint density at radius 2 is 1.79 bits per heavy atom. The van der Waals surface area contributed by atoms with Crippen molar-refractivity contribution in [2.75, 3.05) is 5.32 Å². The molecule has 0 bridgehead atoms. The van der Waals surface area contributed by atoms with Gasteiger partial charge < -0.3 is 5.32 Å². The van der Waals surface area contributed by atoms with Crippen molar-refractivity contribution in [3.8, 4) is 0 Å². The van der Waals surface area contributed by atoms with Crippen molar-refractivity contribution in [1.29, 1.82) is 0 Å². The predicted molar refractivity (Wildman–Crippen MR) is 75.3 cm³/mol. The quantitative estimate of drug-likeness (QED) is 0.911. The first-order valence-corrected chi connectivity index (χ1v) is 7.04. The lowest BCUT2D eigenvalue weighted by Crippen LogP contribution is -2.20. The minimum atomic E-state index is 0.437. The molecule has 1 N–H and O–H groups in total. The molecule has 2 aromatic rings. The summed E-state index contributed by atoms with van der Waals surface area (Å²) < 4.78 is 0. The Balaban J connectivity index is 1.50. The number of hydrogen-bond donors (Lipinski definition) is 1. The monoisotopic (exact) mass is 251 g/mol. The number of rotatable bonds is 3. The number of anilines is 1. The second-order valence-electron chi connectivity index (χ2n) is 5.62. The molecule has 0 amide bonds. The molecule has 1 aromatic carbocycles. The van der Waals surface area contributed by atoms with Gasteiger partial charge in [0.1, 0.15) is 0 Å². The van der Waals surface area contributed by atoms with Crippen LogP contribution in [0.25, 0.3) is 0 Å². The molecule has 2 aliphatic rings. The normalized spacial score (nSPS) is 21.2. The van der Waals surface area contributed by atoms with Gasteiger partial charge in [0, 0.05) is 18.4 Å². The van der Waals surface area contributed by atoms with Gasteiger partial charge in [0.25, 0.3) is 0 Å². The summed E-state index contributed by atoms with van der Waals surface area (Å²) in [5.74, 6) is 1.58. The zero-order valence-corrected chi connectivity index (χ0v) is 10.8. The Morgan fingerprint density at radius 1 is 1.00 bits per heavy atom. The molecule has 2 aliphatic carbocycles. The Kier molecular flexibility index (Phi) is 2.50. The maximum Gasteiger partial charge on any atom is 0.222 e. The highest BCUT2D eigenvalue weighted by Gasteiger charge is 2.27. The van der Waals surface area contributed by atoms with Crippen LogP contribution in [-0.4, -0.2) is 16.0 Å². The van der Waals surface area contributed by atoms with Crippen LogP contribution in [0.5, 0.6) is 0 Å². The molecule has 1 unspecified atom stereocenters. The molecule has 3 nitrogen and oxygen atoms in total. The molecule has 0 aliphatic heterocycles. The van der Waals surface area contributed by atoms with Gasteiger partial charge in [0.05, 0.1) is 0 Å². The maximum atomic E-state index is 4.24. The molecule has 96 valence electrons. The van der Waals surface area contributed by atoms with Crippen molar-refractivity contribution in [2.45, 2.75) is 37.6 Å². The zero-order chi connectivity index (χ0) is 12.7. The van der Waals surface area contributed by atoms with Gasteiger partial charge in [-0.05, 0) is 54.4 Å². The van der Waals surface area contributed by atoms with E-state index in [1.165, 1.54) is 29.5 Å². The molecule has 1 fully saturated rings. The molecular formula is C16H17N3. The topological polar surface area (TPSA) is 37.8 Å². The van der Waals surface area contributed by atoms with E-state index < -0.39 is 0 Å². The van der Waals surface area contributed by atoms with Gasteiger partial charge in [-0.1, -0.05) is 18.2 Å². The number of nitrogens with zero attached hydrogens (tertiary/aromatic N) is 2. The lowest BCUT2D eigenvalue weighted by atomic mass is 10.0. The maximum absolute atomic E-state index is 4.24. The van der Waals surface area contributed by atoms with Gasteiger partial charge in [-0.3, -0.25) is 0 Å². The van der Waals surface area contributed by atoms with E-state index >= 15 is 0 Å². The smallest absolute Gasteiger partial charge is 0.222 e. The summed E-state index contributed by atoms with van der Waals surface area (Å²) in [6, 6.07) is 9.33. The van der Waals surface area contributed by atoms with Gasteiger partial charge in [0.2, 0.25) is 5.95 Å². The van der Waals surface area contributed by atoms with Crippen LogP contribution in [0.1, 0.15) is 35.4 Å². The van der Waals surface area contributed by atoms with Crippen LogP contribution in [0.3, 0.4) is 0 Å². The van der Waals surface area contributed by atoms with Gasteiger partial charge >= 0.3 is 0 Å². The Hall–Kier alpha value is -1.90. The van der Waals surface area contributed by atoms with Gasteiger partial charge in [-0.25, -0.2) is 9.97 Å². The minimum absolute atomic E-state index is 0.437. The van der Waals surface area contributed by atoms with Crippen LogP contribution in [0.15, 0.2) is 36.7 Å². The summed E-state index contributed by atoms with van der Waals surface area (Å²) >= 11 is 0. The highest BCUT2D eigenvalue weighted by Crippen LogP contribution is 2.41. The van der Waals surface area contributed by atoms with E-state index in [9.17, 15) is 0 Å². The van der Waals surface area contributed by atoms with E-state index in [1.807, 2.05) is 6.07 Å². The standard InChI is InChI=1S/C16H17N3/c1-6-17-16(18-7-1)19-15-9-13-5-4-12(11-2-3-11)8-14(13)10-15/h1,4-8,11,15H,2-3,9-10H2,(H,17,18,19). The third-order valence-electron chi connectivity index (χ3n) is 4.11. The van der Waals surface area contributed by atoms with Crippen molar-refractivity contribution in [2.24, 2.45) is 0 Å². The Morgan fingerprint density at radius 3 is 2.58 bits per heavy atom. The first kappa shape index (κ1) is 11.0. The fraction of sp³-hybridized carbons (Fsp3) is 0.375. The third-order valence-corrected chi connectivity index (χ3v) is 4.11. The lowest BCUT2D eigenvalue weighted by Gasteiger charge is -2.10. The molecule has 1 atom stereocenters. The van der Waals surface area contributed by atoms with Crippen LogP contribution in [-0.2, 0) is 12.8 Å². The minimum Gasteiger partial charge on any atom is -0.351 e. The average Bonchev–Trinajstić information content (AvgIpc) is 3.20. The number of hydrogen-bond acceptors (Lipinski definition) is 3. The molecule has 1 aromatic heterocycles. The third kappa shape index (κ3) is 2.21. The molecule has 1 heterocycles. The first-order chi connectivity index (χ1) is 9.38. The fourth-order valence-corrected chi connectivity index (χ4v) is 2.97. The first-order valence-electron chi connectivity index (χ1n) is 7.04. The molecule has 0 saturated heterocycles. The van der Waals surface area contributed by atoms with Crippen LogP contribution < -0.4 is 5.32 Å². The summed E-state index contributed by atoms with van der Waals surface area (Å²) in [7, 11) is 0. The largest absolute Gasteiger partial charge is 0.351 e. The van der Waals surface area contributed by atoms with E-state index in [1.54, 1.807) is 12.4 Å². The summed E-state index contributed by atoms with van der Waals surface area (Å²) in [6.07, 6.45) is 8.48. The van der Waals surface area contributed by atoms with Crippen molar-refractivity contribution >= 4 is 5.95 Å². The average molecular weight is 251 g/mol. The second kappa shape index (κ2) is 4.34. The Labute approximate surface area is 113 Å². The predicted octanol–water partition coefficient (Wildman–Crippen LogP) is 2.93. The number of fused-ring (bicyclic) bond motifs is 1. The highest BCUT2D eigenvalue weighted by molar-refractivity contribution is 5.42. The van der Waals surface area contributed by atoms with Crippen molar-refractivity contribution in [3.05, 3.63) is 53.3 Å². The van der Waals surface area contributed by atoms with Crippen LogP contribution >= 0.6 is 0 Å². The van der Waals surface area contributed by atoms with E-state index in [2.05, 4.69) is 33.5 Å². The van der Waals surface area contributed by atoms with Gasteiger partial charge in [-0.15, -0.1) is 0 Å². The summed E-state index contributed by atoms with van der Waals surface area (Å²) in [5, 5.41) is 3.43. The summed E-state index contributed by atoms with van der Waals surface area (Å²) in [6.45, 7) is 0. The number of benzene rings is 1. The van der Waals surface area contributed by atoms with E-state index in [0.29, 0.717) is 6.04 Å². The van der Waals surface area contributed by atoms with E-state index in [4.69, 9.17) is 0 Å². The molecular weight excluding hydrogens is 234 g/mol. The van der Waals surface area contributed by atoms with Crippen molar-refractivity contribution in [1.82, 2.24) is 9.97 Å².